The fourth-order valence-electron chi connectivity index (χ4n) is 0.795. The summed E-state index contributed by atoms with van der Waals surface area (Å²) in [6, 6.07) is 0. The second kappa shape index (κ2) is 5.72. The molecule has 1 aromatic heterocycles. The van der Waals surface area contributed by atoms with Crippen molar-refractivity contribution >= 4 is 40.1 Å². The summed E-state index contributed by atoms with van der Waals surface area (Å²) >= 11 is 2.37. The monoisotopic (exact) mass is 245 g/mol. The van der Waals surface area contributed by atoms with E-state index in [2.05, 4.69) is 10.3 Å². The third kappa shape index (κ3) is 4.80. The predicted molar refractivity (Wildman–Crippen MR) is 57.8 cm³/mol. The minimum atomic E-state index is -1.17. The summed E-state index contributed by atoms with van der Waals surface area (Å²) in [5.74, 6) is -1.51. The summed E-state index contributed by atoms with van der Waals surface area (Å²) in [5.41, 5.74) is 0. The number of aryl methyl sites for hydroxylation is 1. The van der Waals surface area contributed by atoms with Gasteiger partial charge in [-0.05, 0) is 6.92 Å². The third-order valence-electron chi connectivity index (χ3n) is 1.32. The fourth-order valence-corrected chi connectivity index (χ4v) is 2.00. The Kier molecular flexibility index (Phi) is 4.57. The zero-order valence-corrected chi connectivity index (χ0v) is 9.61. The average Bonchev–Trinajstić information content (AvgIpc) is 2.50. The first-order valence-electron chi connectivity index (χ1n) is 4.08. The van der Waals surface area contributed by atoms with Crippen molar-refractivity contribution < 1.29 is 14.7 Å². The predicted octanol–water partition coefficient (Wildman–Crippen LogP) is -0.127. The van der Waals surface area contributed by atoms with Crippen molar-refractivity contribution in [3.63, 3.8) is 0 Å². The normalized spacial score (nSPS) is 9.93. The van der Waals surface area contributed by atoms with Gasteiger partial charge >= 0.3 is 0 Å². The zero-order chi connectivity index (χ0) is 11.3. The number of thioether (sulfide) groups is 1. The quantitative estimate of drug-likeness (QED) is 0.781. The maximum absolute atomic E-state index is 11.2. The second-order valence-electron chi connectivity index (χ2n) is 2.69. The highest BCUT2D eigenvalue weighted by molar-refractivity contribution is 8.00. The molecule has 15 heavy (non-hydrogen) atoms. The Morgan fingerprint density at radius 3 is 2.87 bits per heavy atom. The van der Waals surface area contributed by atoms with Crippen LogP contribution in [0.25, 0.3) is 0 Å². The lowest BCUT2D eigenvalue weighted by atomic mass is 10.6. The van der Waals surface area contributed by atoms with Crippen LogP contribution in [-0.4, -0.2) is 28.4 Å². The molecule has 0 aliphatic carbocycles. The summed E-state index contributed by atoms with van der Waals surface area (Å²) < 4.78 is 0. The minimum Gasteiger partial charge on any atom is -0.549 e. The van der Waals surface area contributed by atoms with Crippen LogP contribution in [0, 0.1) is 6.92 Å². The molecule has 0 spiro atoms. The van der Waals surface area contributed by atoms with E-state index in [0.717, 1.165) is 16.6 Å². The Labute approximate surface area is 94.9 Å². The van der Waals surface area contributed by atoms with Crippen LogP contribution in [0.4, 0.5) is 5.13 Å². The molecule has 0 saturated carbocycles. The highest BCUT2D eigenvalue weighted by Crippen LogP contribution is 2.16. The number of amides is 1. The number of aromatic nitrogens is 1. The van der Waals surface area contributed by atoms with Crippen molar-refractivity contribution in [3.8, 4) is 0 Å². The van der Waals surface area contributed by atoms with E-state index >= 15 is 0 Å². The number of rotatable bonds is 5. The summed E-state index contributed by atoms with van der Waals surface area (Å²) in [5, 5.41) is 13.2. The van der Waals surface area contributed by atoms with Gasteiger partial charge in [-0.3, -0.25) is 4.79 Å². The first-order valence-corrected chi connectivity index (χ1v) is 6.05. The average molecular weight is 245 g/mol. The van der Waals surface area contributed by atoms with Gasteiger partial charge in [0.05, 0.1) is 11.7 Å². The lowest BCUT2D eigenvalue weighted by Gasteiger charge is -2.02. The molecule has 0 atom stereocenters. The van der Waals surface area contributed by atoms with Gasteiger partial charge in [0.1, 0.15) is 0 Å². The van der Waals surface area contributed by atoms with Gasteiger partial charge in [-0.15, -0.1) is 23.1 Å². The maximum Gasteiger partial charge on any atom is 0.236 e. The first-order chi connectivity index (χ1) is 7.08. The molecule has 0 aliphatic rings. The number of carbonyl (C=O) groups excluding carboxylic acids is 2. The summed E-state index contributed by atoms with van der Waals surface area (Å²) in [7, 11) is 0. The van der Waals surface area contributed by atoms with Gasteiger partial charge in [0.2, 0.25) is 5.91 Å². The number of hydrogen-bond acceptors (Lipinski definition) is 6. The maximum atomic E-state index is 11.2. The molecule has 0 fully saturated rings. The Morgan fingerprint density at radius 2 is 2.33 bits per heavy atom. The molecule has 1 aromatic rings. The molecule has 0 aliphatic heterocycles. The van der Waals surface area contributed by atoms with E-state index in [4.69, 9.17) is 0 Å². The largest absolute Gasteiger partial charge is 0.549 e. The van der Waals surface area contributed by atoms with Crippen LogP contribution >= 0.6 is 23.1 Å². The van der Waals surface area contributed by atoms with E-state index in [1.165, 1.54) is 11.3 Å². The fraction of sp³-hybridized carbons (Fsp3) is 0.375. The standard InChI is InChI=1S/C8H10N2O3S2/c1-5-2-9-8(15-5)10-6(11)3-14-4-7(12)13/h2H,3-4H2,1H3,(H,12,13)(H,9,10,11)/p-1. The number of hydrogen-bond donors (Lipinski definition) is 1. The second-order valence-corrected chi connectivity index (χ2v) is 4.91. The van der Waals surface area contributed by atoms with Crippen LogP contribution in [-0.2, 0) is 9.59 Å². The number of aliphatic carboxylic acids is 1. The molecule has 0 unspecified atom stereocenters. The molecule has 1 heterocycles. The number of nitrogens with zero attached hydrogens (tertiary/aromatic N) is 1. The van der Waals surface area contributed by atoms with Gasteiger partial charge in [0, 0.05) is 16.8 Å². The Hall–Kier alpha value is -1.08. The van der Waals surface area contributed by atoms with Gasteiger partial charge in [0.15, 0.2) is 5.13 Å². The van der Waals surface area contributed by atoms with Crippen molar-refractivity contribution in [2.75, 3.05) is 16.8 Å². The highest BCUT2D eigenvalue weighted by atomic mass is 32.2. The molecule has 5 nitrogen and oxygen atoms in total. The molecule has 7 heteroatoms. The first kappa shape index (κ1) is 12.0. The number of carboxylic acids is 1. The SMILES string of the molecule is Cc1cnc(NC(=O)CSCC(=O)[O-])s1. The molecule has 0 saturated heterocycles. The van der Waals surface area contributed by atoms with Crippen molar-refractivity contribution in [1.29, 1.82) is 0 Å². The molecular formula is C8H9N2O3S2-. The van der Waals surface area contributed by atoms with Gasteiger partial charge in [-0.25, -0.2) is 4.98 Å². The van der Waals surface area contributed by atoms with Crippen molar-refractivity contribution in [2.45, 2.75) is 6.92 Å². The number of nitrogens with one attached hydrogen (secondary N) is 1. The van der Waals surface area contributed by atoms with Gasteiger partial charge < -0.3 is 15.2 Å². The topological polar surface area (TPSA) is 82.1 Å². The van der Waals surface area contributed by atoms with E-state index in [1.54, 1.807) is 6.20 Å². The van der Waals surface area contributed by atoms with Crippen LogP contribution in [0.2, 0.25) is 0 Å². The zero-order valence-electron chi connectivity index (χ0n) is 7.98. The smallest absolute Gasteiger partial charge is 0.236 e. The molecule has 0 radical (unpaired) electrons. The molecular weight excluding hydrogens is 236 g/mol. The Morgan fingerprint density at radius 1 is 1.60 bits per heavy atom. The van der Waals surface area contributed by atoms with Crippen LogP contribution in [0.5, 0.6) is 0 Å². The Bertz CT molecular complexity index is 365. The van der Waals surface area contributed by atoms with Crippen LogP contribution < -0.4 is 10.4 Å². The molecule has 1 amide bonds. The summed E-state index contributed by atoms with van der Waals surface area (Å²) in [6.45, 7) is 1.89. The third-order valence-corrected chi connectivity index (χ3v) is 3.06. The van der Waals surface area contributed by atoms with E-state index in [9.17, 15) is 14.7 Å². The summed E-state index contributed by atoms with van der Waals surface area (Å²) in [6.07, 6.45) is 1.66. The highest BCUT2D eigenvalue weighted by Gasteiger charge is 2.04. The van der Waals surface area contributed by atoms with E-state index in [-0.39, 0.29) is 17.4 Å². The molecule has 1 rings (SSSR count). The van der Waals surface area contributed by atoms with E-state index in [0.29, 0.717) is 5.13 Å². The van der Waals surface area contributed by atoms with Crippen LogP contribution in [0.1, 0.15) is 4.88 Å². The number of thiazole rings is 1. The molecule has 1 N–H and O–H groups in total. The van der Waals surface area contributed by atoms with Gasteiger partial charge in [-0.1, -0.05) is 0 Å². The number of carboxylic acid groups (broad SMARTS) is 1. The van der Waals surface area contributed by atoms with Crippen molar-refractivity contribution in [1.82, 2.24) is 4.98 Å². The van der Waals surface area contributed by atoms with Crippen LogP contribution in [0.15, 0.2) is 6.20 Å². The van der Waals surface area contributed by atoms with E-state index in [1.807, 2.05) is 6.92 Å². The number of anilines is 1. The van der Waals surface area contributed by atoms with E-state index < -0.39 is 5.97 Å². The van der Waals surface area contributed by atoms with Crippen LogP contribution in [0.3, 0.4) is 0 Å². The molecule has 0 aromatic carbocycles. The van der Waals surface area contributed by atoms with Crippen molar-refractivity contribution in [2.24, 2.45) is 0 Å². The minimum absolute atomic E-state index is 0.0899. The number of carbonyl (C=O) groups is 2. The van der Waals surface area contributed by atoms with Gasteiger partial charge in [-0.2, -0.15) is 0 Å². The molecule has 82 valence electrons. The summed E-state index contributed by atoms with van der Waals surface area (Å²) in [4.78, 5) is 26.2. The Balaban J connectivity index is 2.27. The van der Waals surface area contributed by atoms with Crippen molar-refractivity contribution in [3.05, 3.63) is 11.1 Å². The molecule has 0 bridgehead atoms. The van der Waals surface area contributed by atoms with Gasteiger partial charge in [0.25, 0.3) is 0 Å². The lowest BCUT2D eigenvalue weighted by Crippen LogP contribution is -2.25. The lowest BCUT2D eigenvalue weighted by molar-refractivity contribution is -0.301.